The molecule has 112 valence electrons. The predicted molar refractivity (Wildman–Crippen MR) is 79.2 cm³/mol. The molecule has 20 heavy (non-hydrogen) atoms. The van der Waals surface area contributed by atoms with Crippen LogP contribution in [0.5, 0.6) is 0 Å². The number of sulfone groups is 1. The third kappa shape index (κ3) is 3.47. The van der Waals surface area contributed by atoms with Crippen molar-refractivity contribution in [2.24, 2.45) is 0 Å². The Bertz CT molecular complexity index is 560. The smallest absolute Gasteiger partial charge is 0.232 e. The van der Waals surface area contributed by atoms with Crippen molar-refractivity contribution in [2.45, 2.75) is 6.92 Å². The molecule has 1 aliphatic rings. The lowest BCUT2D eigenvalue weighted by molar-refractivity contribution is 0.585. The Morgan fingerprint density at radius 3 is 2.40 bits per heavy atom. The number of anilines is 3. The Morgan fingerprint density at radius 1 is 1.20 bits per heavy atom. The van der Waals surface area contributed by atoms with Crippen LogP contribution in [0.2, 0.25) is 0 Å². The first-order valence-corrected chi connectivity index (χ1v) is 8.36. The second-order valence-corrected chi connectivity index (χ2v) is 7.13. The molecule has 0 bridgehead atoms. The highest BCUT2D eigenvalue weighted by molar-refractivity contribution is 7.91. The first kappa shape index (κ1) is 14.8. The van der Waals surface area contributed by atoms with Crippen molar-refractivity contribution >= 4 is 27.7 Å². The maximum atomic E-state index is 11.5. The molecule has 0 aromatic carbocycles. The minimum absolute atomic E-state index is 0.145. The van der Waals surface area contributed by atoms with Crippen LogP contribution in [-0.4, -0.2) is 68.6 Å². The number of rotatable bonds is 4. The molecule has 1 aromatic heterocycles. The molecule has 0 amide bonds. The molecule has 0 aliphatic carbocycles. The number of hydrogen-bond donors (Lipinski definition) is 1. The highest BCUT2D eigenvalue weighted by Crippen LogP contribution is 2.17. The fourth-order valence-electron chi connectivity index (χ4n) is 1.84. The molecule has 0 spiro atoms. The van der Waals surface area contributed by atoms with Crippen LogP contribution in [0, 0.1) is 0 Å². The second kappa shape index (κ2) is 5.78. The van der Waals surface area contributed by atoms with Crippen molar-refractivity contribution in [2.75, 3.05) is 60.4 Å². The van der Waals surface area contributed by atoms with Crippen LogP contribution < -0.4 is 15.1 Å². The van der Waals surface area contributed by atoms with Crippen LogP contribution in [0.3, 0.4) is 0 Å². The van der Waals surface area contributed by atoms with Crippen molar-refractivity contribution in [1.82, 2.24) is 15.0 Å². The molecule has 0 unspecified atom stereocenters. The summed E-state index contributed by atoms with van der Waals surface area (Å²) in [6.07, 6.45) is 0. The lowest BCUT2D eigenvalue weighted by Crippen LogP contribution is -2.41. The monoisotopic (exact) mass is 300 g/mol. The first-order valence-electron chi connectivity index (χ1n) is 6.54. The zero-order valence-electron chi connectivity index (χ0n) is 12.0. The Kier molecular flexibility index (Phi) is 4.26. The Morgan fingerprint density at radius 2 is 1.85 bits per heavy atom. The summed E-state index contributed by atoms with van der Waals surface area (Å²) in [4.78, 5) is 16.7. The highest BCUT2D eigenvalue weighted by Gasteiger charge is 2.24. The van der Waals surface area contributed by atoms with Crippen LogP contribution in [0.25, 0.3) is 0 Å². The quantitative estimate of drug-likeness (QED) is 0.803. The van der Waals surface area contributed by atoms with Gasteiger partial charge in [-0.15, -0.1) is 0 Å². The van der Waals surface area contributed by atoms with Crippen molar-refractivity contribution in [3.05, 3.63) is 0 Å². The minimum Gasteiger partial charge on any atom is -0.354 e. The molecule has 2 heterocycles. The minimum atomic E-state index is -2.91. The van der Waals surface area contributed by atoms with Crippen molar-refractivity contribution in [3.63, 3.8) is 0 Å². The number of aromatic nitrogens is 3. The molecule has 1 fully saturated rings. The van der Waals surface area contributed by atoms with E-state index in [9.17, 15) is 8.42 Å². The SMILES string of the molecule is CCNc1nc(N(C)C)nc(N2CCS(=O)(=O)CC2)n1. The molecule has 1 aliphatic heterocycles. The van der Waals surface area contributed by atoms with E-state index in [0.717, 1.165) is 0 Å². The topological polar surface area (TPSA) is 91.3 Å². The van der Waals surface area contributed by atoms with E-state index in [4.69, 9.17) is 0 Å². The lowest BCUT2D eigenvalue weighted by Gasteiger charge is -2.27. The molecule has 0 saturated carbocycles. The molecule has 8 nitrogen and oxygen atoms in total. The van der Waals surface area contributed by atoms with Gasteiger partial charge < -0.3 is 15.1 Å². The van der Waals surface area contributed by atoms with Crippen LogP contribution in [0.1, 0.15) is 6.92 Å². The molecule has 1 N–H and O–H groups in total. The van der Waals surface area contributed by atoms with Crippen LogP contribution in [0.15, 0.2) is 0 Å². The van der Waals surface area contributed by atoms with E-state index in [-0.39, 0.29) is 11.5 Å². The van der Waals surface area contributed by atoms with Gasteiger partial charge in [0, 0.05) is 33.7 Å². The van der Waals surface area contributed by atoms with Gasteiger partial charge in [-0.25, -0.2) is 8.42 Å². The fraction of sp³-hybridized carbons (Fsp3) is 0.727. The molecule has 9 heteroatoms. The van der Waals surface area contributed by atoms with Gasteiger partial charge in [-0.2, -0.15) is 15.0 Å². The normalized spacial score (nSPS) is 17.9. The molecule has 0 radical (unpaired) electrons. The number of nitrogens with one attached hydrogen (secondary N) is 1. The van der Waals surface area contributed by atoms with Crippen LogP contribution >= 0.6 is 0 Å². The van der Waals surface area contributed by atoms with Gasteiger partial charge in [0.05, 0.1) is 11.5 Å². The molecular weight excluding hydrogens is 280 g/mol. The Balaban J connectivity index is 2.26. The largest absolute Gasteiger partial charge is 0.354 e. The Labute approximate surface area is 119 Å². The van der Waals surface area contributed by atoms with Crippen LogP contribution in [0.4, 0.5) is 17.8 Å². The van der Waals surface area contributed by atoms with E-state index >= 15 is 0 Å². The van der Waals surface area contributed by atoms with Gasteiger partial charge in [-0.05, 0) is 6.92 Å². The average Bonchev–Trinajstić information content (AvgIpc) is 2.38. The van der Waals surface area contributed by atoms with E-state index in [2.05, 4.69) is 20.3 Å². The molecule has 2 rings (SSSR count). The molecule has 0 atom stereocenters. The van der Waals surface area contributed by atoms with Crippen LogP contribution in [-0.2, 0) is 9.84 Å². The average molecular weight is 300 g/mol. The van der Waals surface area contributed by atoms with E-state index in [1.54, 1.807) is 4.90 Å². The standard InChI is InChI=1S/C11H20N6O2S/c1-4-12-9-13-10(16(2)3)15-11(14-9)17-5-7-20(18,19)8-6-17/h4-8H2,1-3H3,(H,12,13,14,15). The summed E-state index contributed by atoms with van der Waals surface area (Å²) in [5, 5.41) is 3.06. The third-order valence-corrected chi connectivity index (χ3v) is 4.58. The summed E-state index contributed by atoms with van der Waals surface area (Å²) in [6.45, 7) is 3.52. The molecule has 1 saturated heterocycles. The van der Waals surface area contributed by atoms with Crippen molar-refractivity contribution in [3.8, 4) is 0 Å². The van der Waals surface area contributed by atoms with Crippen molar-refractivity contribution < 1.29 is 8.42 Å². The van der Waals surface area contributed by atoms with Crippen molar-refractivity contribution in [1.29, 1.82) is 0 Å². The van der Waals surface area contributed by atoms with E-state index in [1.807, 2.05) is 25.9 Å². The summed E-state index contributed by atoms with van der Waals surface area (Å²) in [6, 6.07) is 0. The Hall–Kier alpha value is -1.64. The van der Waals surface area contributed by atoms with E-state index in [0.29, 0.717) is 37.5 Å². The summed E-state index contributed by atoms with van der Waals surface area (Å²) in [5.41, 5.74) is 0. The van der Waals surface area contributed by atoms with Gasteiger partial charge in [-0.3, -0.25) is 0 Å². The predicted octanol–water partition coefficient (Wildman–Crippen LogP) is -0.396. The highest BCUT2D eigenvalue weighted by atomic mass is 32.2. The summed E-state index contributed by atoms with van der Waals surface area (Å²) >= 11 is 0. The van der Waals surface area contributed by atoms with Gasteiger partial charge in [-0.1, -0.05) is 0 Å². The van der Waals surface area contributed by atoms with E-state index < -0.39 is 9.84 Å². The summed E-state index contributed by atoms with van der Waals surface area (Å²) < 4.78 is 22.9. The molecular formula is C11H20N6O2S. The molecule has 1 aromatic rings. The summed E-state index contributed by atoms with van der Waals surface area (Å²) in [7, 11) is 0.804. The number of hydrogen-bond acceptors (Lipinski definition) is 8. The van der Waals surface area contributed by atoms with Gasteiger partial charge in [0.2, 0.25) is 17.8 Å². The zero-order valence-corrected chi connectivity index (χ0v) is 12.8. The maximum Gasteiger partial charge on any atom is 0.232 e. The van der Waals surface area contributed by atoms with Gasteiger partial charge >= 0.3 is 0 Å². The first-order chi connectivity index (χ1) is 9.41. The third-order valence-electron chi connectivity index (χ3n) is 2.97. The lowest BCUT2D eigenvalue weighted by atomic mass is 10.5. The second-order valence-electron chi connectivity index (χ2n) is 4.82. The number of nitrogens with zero attached hydrogens (tertiary/aromatic N) is 5. The maximum absolute atomic E-state index is 11.5. The van der Waals surface area contributed by atoms with Gasteiger partial charge in [0.1, 0.15) is 0 Å². The zero-order chi connectivity index (χ0) is 14.8. The van der Waals surface area contributed by atoms with Gasteiger partial charge in [0.15, 0.2) is 9.84 Å². The van der Waals surface area contributed by atoms with E-state index in [1.165, 1.54) is 0 Å². The van der Waals surface area contributed by atoms with Gasteiger partial charge in [0.25, 0.3) is 0 Å². The summed E-state index contributed by atoms with van der Waals surface area (Å²) in [5.74, 6) is 1.88. The fourth-order valence-corrected chi connectivity index (χ4v) is 3.05.